The molecule has 0 aromatic carbocycles. The highest BCUT2D eigenvalue weighted by atomic mass is 35.5. The number of aromatic nitrogens is 1. The van der Waals surface area contributed by atoms with Crippen LogP contribution in [-0.4, -0.2) is 40.0 Å². The maximum absolute atomic E-state index is 12.3. The van der Waals surface area contributed by atoms with Gasteiger partial charge < -0.3 is 10.0 Å². The van der Waals surface area contributed by atoms with Crippen molar-refractivity contribution in [2.45, 2.75) is 19.8 Å². The molecule has 19 heavy (non-hydrogen) atoms. The summed E-state index contributed by atoms with van der Waals surface area (Å²) in [5.74, 6) is -1.59. The summed E-state index contributed by atoms with van der Waals surface area (Å²) in [5, 5.41) is 9.38. The molecular weight excluding hydrogens is 268 g/mol. The topological polar surface area (TPSA) is 70.5 Å². The first kappa shape index (κ1) is 13.8. The van der Waals surface area contributed by atoms with Gasteiger partial charge in [0.05, 0.1) is 16.5 Å². The van der Waals surface area contributed by atoms with E-state index in [-0.39, 0.29) is 12.5 Å². The monoisotopic (exact) mass is 282 g/mol. The zero-order valence-electron chi connectivity index (χ0n) is 10.6. The highest BCUT2D eigenvalue weighted by Gasteiger charge is 2.29. The summed E-state index contributed by atoms with van der Waals surface area (Å²) < 4.78 is 0. The van der Waals surface area contributed by atoms with Gasteiger partial charge >= 0.3 is 5.97 Å². The molecule has 102 valence electrons. The van der Waals surface area contributed by atoms with E-state index in [1.54, 1.807) is 17.9 Å². The van der Waals surface area contributed by atoms with Crippen LogP contribution in [0.1, 0.15) is 28.9 Å². The van der Waals surface area contributed by atoms with Gasteiger partial charge in [-0.15, -0.1) is 0 Å². The number of aryl methyl sites for hydroxylation is 1. The molecule has 1 N–H and O–H groups in total. The van der Waals surface area contributed by atoms with Crippen molar-refractivity contribution in [3.05, 3.63) is 28.5 Å². The summed E-state index contributed by atoms with van der Waals surface area (Å²) in [6.45, 7) is 2.59. The van der Waals surface area contributed by atoms with E-state index in [9.17, 15) is 9.59 Å². The second-order valence-electron chi connectivity index (χ2n) is 4.73. The lowest BCUT2D eigenvalue weighted by atomic mass is 9.98. The van der Waals surface area contributed by atoms with Crippen LogP contribution in [-0.2, 0) is 4.79 Å². The molecule has 1 atom stereocenters. The molecule has 6 heteroatoms. The molecule has 2 rings (SSSR count). The molecule has 1 saturated heterocycles. The van der Waals surface area contributed by atoms with Crippen molar-refractivity contribution in [3.63, 3.8) is 0 Å². The van der Waals surface area contributed by atoms with Crippen LogP contribution < -0.4 is 0 Å². The Morgan fingerprint density at radius 3 is 2.89 bits per heavy atom. The summed E-state index contributed by atoms with van der Waals surface area (Å²) in [6.07, 6.45) is 2.75. The van der Waals surface area contributed by atoms with Crippen molar-refractivity contribution in [1.82, 2.24) is 9.88 Å². The number of likely N-dealkylation sites (tertiary alicyclic amines) is 1. The van der Waals surface area contributed by atoms with Crippen molar-refractivity contribution in [2.24, 2.45) is 5.92 Å². The van der Waals surface area contributed by atoms with E-state index in [1.807, 2.05) is 0 Å². The van der Waals surface area contributed by atoms with Crippen LogP contribution in [0.2, 0.25) is 5.02 Å². The number of aliphatic carboxylic acids is 1. The SMILES string of the molecule is Cc1cc(Cl)c(C(=O)N2CCC[C@H](C(=O)O)C2)cn1. The van der Waals surface area contributed by atoms with E-state index < -0.39 is 11.9 Å². The summed E-state index contributed by atoms with van der Waals surface area (Å²) >= 11 is 6.04. The second-order valence-corrected chi connectivity index (χ2v) is 5.14. The fraction of sp³-hybridized carbons (Fsp3) is 0.462. The third kappa shape index (κ3) is 3.04. The zero-order valence-corrected chi connectivity index (χ0v) is 11.4. The van der Waals surface area contributed by atoms with Crippen molar-refractivity contribution < 1.29 is 14.7 Å². The Labute approximate surface area is 116 Å². The molecule has 0 spiro atoms. The molecule has 0 radical (unpaired) electrons. The smallest absolute Gasteiger partial charge is 0.308 e. The van der Waals surface area contributed by atoms with Crippen molar-refractivity contribution in [2.75, 3.05) is 13.1 Å². The van der Waals surface area contributed by atoms with Gasteiger partial charge in [-0.3, -0.25) is 14.6 Å². The lowest BCUT2D eigenvalue weighted by molar-refractivity contribution is -0.143. The number of halogens is 1. The Morgan fingerprint density at radius 1 is 1.53 bits per heavy atom. The van der Waals surface area contributed by atoms with Crippen LogP contribution >= 0.6 is 11.6 Å². The fourth-order valence-electron chi connectivity index (χ4n) is 2.22. The van der Waals surface area contributed by atoms with Gasteiger partial charge in [-0.25, -0.2) is 0 Å². The van der Waals surface area contributed by atoms with E-state index in [2.05, 4.69) is 4.98 Å². The van der Waals surface area contributed by atoms with E-state index in [1.165, 1.54) is 6.20 Å². The number of piperidine rings is 1. The molecule has 5 nitrogen and oxygen atoms in total. The molecule has 0 unspecified atom stereocenters. The minimum atomic E-state index is -0.856. The Kier molecular flexibility index (Phi) is 4.04. The molecule has 1 aliphatic rings. The van der Waals surface area contributed by atoms with Gasteiger partial charge in [-0.1, -0.05) is 11.6 Å². The molecule has 0 saturated carbocycles. The minimum absolute atomic E-state index is 0.234. The van der Waals surface area contributed by atoms with Gasteiger partial charge in [-0.05, 0) is 25.8 Å². The summed E-state index contributed by atoms with van der Waals surface area (Å²) in [5.41, 5.74) is 1.07. The summed E-state index contributed by atoms with van der Waals surface area (Å²) in [7, 11) is 0. The first-order chi connectivity index (χ1) is 8.99. The molecule has 1 fully saturated rings. The quantitative estimate of drug-likeness (QED) is 0.900. The van der Waals surface area contributed by atoms with Gasteiger partial charge in [0.2, 0.25) is 0 Å². The number of nitrogens with zero attached hydrogens (tertiary/aromatic N) is 2. The number of carbonyl (C=O) groups is 2. The third-order valence-corrected chi connectivity index (χ3v) is 3.59. The van der Waals surface area contributed by atoms with Gasteiger partial charge in [0, 0.05) is 25.0 Å². The summed E-state index contributed by atoms with van der Waals surface area (Å²) in [4.78, 5) is 28.9. The average Bonchev–Trinajstić information content (AvgIpc) is 2.38. The number of pyridine rings is 1. The van der Waals surface area contributed by atoms with Crippen LogP contribution in [0, 0.1) is 12.8 Å². The maximum atomic E-state index is 12.3. The number of carboxylic acid groups (broad SMARTS) is 1. The summed E-state index contributed by atoms with van der Waals surface area (Å²) in [6, 6.07) is 1.63. The maximum Gasteiger partial charge on any atom is 0.308 e. The number of hydrogen-bond acceptors (Lipinski definition) is 3. The molecule has 0 aliphatic carbocycles. The Bertz CT molecular complexity index is 519. The molecule has 1 aliphatic heterocycles. The second kappa shape index (κ2) is 5.57. The highest BCUT2D eigenvalue weighted by Crippen LogP contribution is 2.22. The number of hydrogen-bond donors (Lipinski definition) is 1. The standard InChI is InChI=1S/C13H15ClN2O3/c1-8-5-11(14)10(6-15-8)12(17)16-4-2-3-9(7-16)13(18)19/h5-6,9H,2-4,7H2,1H3,(H,18,19)/t9-/m0/s1. The van der Waals surface area contributed by atoms with Crippen molar-refractivity contribution in [3.8, 4) is 0 Å². The Balaban J connectivity index is 2.17. The van der Waals surface area contributed by atoms with Gasteiger partial charge in [0.1, 0.15) is 0 Å². The van der Waals surface area contributed by atoms with Crippen molar-refractivity contribution >= 4 is 23.5 Å². The number of amides is 1. The lowest BCUT2D eigenvalue weighted by Crippen LogP contribution is -2.42. The highest BCUT2D eigenvalue weighted by molar-refractivity contribution is 6.33. The Hall–Kier alpha value is -1.62. The first-order valence-electron chi connectivity index (χ1n) is 6.13. The lowest BCUT2D eigenvalue weighted by Gasteiger charge is -2.30. The van der Waals surface area contributed by atoms with E-state index in [0.29, 0.717) is 30.0 Å². The minimum Gasteiger partial charge on any atom is -0.481 e. The average molecular weight is 283 g/mol. The molecule has 2 heterocycles. The molecule has 1 amide bonds. The van der Waals surface area contributed by atoms with Crippen LogP contribution in [0.5, 0.6) is 0 Å². The molecule has 1 aromatic rings. The van der Waals surface area contributed by atoms with Crippen molar-refractivity contribution in [1.29, 1.82) is 0 Å². The van der Waals surface area contributed by atoms with E-state index >= 15 is 0 Å². The largest absolute Gasteiger partial charge is 0.481 e. The molecule has 0 bridgehead atoms. The molecule has 1 aromatic heterocycles. The number of rotatable bonds is 2. The molecular formula is C13H15ClN2O3. The van der Waals surface area contributed by atoms with Gasteiger partial charge in [-0.2, -0.15) is 0 Å². The zero-order chi connectivity index (χ0) is 14.0. The van der Waals surface area contributed by atoms with E-state index in [0.717, 1.165) is 5.69 Å². The van der Waals surface area contributed by atoms with Gasteiger partial charge in [0.25, 0.3) is 5.91 Å². The van der Waals surface area contributed by atoms with Crippen LogP contribution in [0.3, 0.4) is 0 Å². The number of carbonyl (C=O) groups excluding carboxylic acids is 1. The third-order valence-electron chi connectivity index (χ3n) is 3.28. The van der Waals surface area contributed by atoms with E-state index in [4.69, 9.17) is 16.7 Å². The first-order valence-corrected chi connectivity index (χ1v) is 6.51. The predicted octanol–water partition coefficient (Wildman–Crippen LogP) is 1.98. The fourth-order valence-corrected chi connectivity index (χ4v) is 2.50. The van der Waals surface area contributed by atoms with Crippen LogP contribution in [0.4, 0.5) is 0 Å². The normalized spacial score (nSPS) is 19.3. The van der Waals surface area contributed by atoms with Gasteiger partial charge in [0.15, 0.2) is 0 Å². The number of carboxylic acids is 1. The Morgan fingerprint density at radius 2 is 2.26 bits per heavy atom. The van der Waals surface area contributed by atoms with Crippen LogP contribution in [0.15, 0.2) is 12.3 Å². The van der Waals surface area contributed by atoms with Crippen LogP contribution in [0.25, 0.3) is 0 Å². The predicted molar refractivity (Wildman–Crippen MR) is 70.2 cm³/mol.